The Morgan fingerprint density at radius 1 is 1.20 bits per heavy atom. The van der Waals surface area contributed by atoms with Crippen LogP contribution < -0.4 is 5.84 Å². The van der Waals surface area contributed by atoms with Gasteiger partial charge in [0.15, 0.2) is 0 Å². The first kappa shape index (κ1) is 9.03. The summed E-state index contributed by atoms with van der Waals surface area (Å²) in [4.78, 5) is 4.22. The number of nitrogens with zero attached hydrogens (tertiary/aromatic N) is 3. The van der Waals surface area contributed by atoms with Crippen LogP contribution in [0.3, 0.4) is 0 Å². The van der Waals surface area contributed by atoms with E-state index in [1.165, 1.54) is 11.1 Å². The molecule has 2 aliphatic heterocycles. The molecule has 0 saturated carbocycles. The van der Waals surface area contributed by atoms with E-state index >= 15 is 0 Å². The number of fused-ring (bicyclic) bond motifs is 1. The van der Waals surface area contributed by atoms with Crippen LogP contribution >= 0.6 is 0 Å². The van der Waals surface area contributed by atoms with Crippen LogP contribution in [0.15, 0.2) is 29.3 Å². The molecule has 0 spiro atoms. The number of quaternary nitrogens is 1. The van der Waals surface area contributed by atoms with Crippen LogP contribution in [-0.4, -0.2) is 29.1 Å². The van der Waals surface area contributed by atoms with E-state index in [4.69, 9.17) is 5.84 Å². The third kappa shape index (κ3) is 1.38. The minimum Gasteiger partial charge on any atom is -0.232 e. The second kappa shape index (κ2) is 3.13. The van der Waals surface area contributed by atoms with E-state index in [1.54, 1.807) is 0 Å². The van der Waals surface area contributed by atoms with Gasteiger partial charge in [-0.25, -0.2) is 4.99 Å². The van der Waals surface area contributed by atoms with Crippen molar-refractivity contribution in [2.45, 2.75) is 13.1 Å². The van der Waals surface area contributed by atoms with Gasteiger partial charge in [-0.3, -0.25) is 0 Å². The number of rotatable bonds is 1. The van der Waals surface area contributed by atoms with Gasteiger partial charge in [0.05, 0.1) is 19.6 Å². The predicted molar refractivity (Wildman–Crippen MR) is 58.4 cm³/mol. The topological polar surface area (TPSA) is 41.6 Å². The zero-order valence-electron chi connectivity index (χ0n) is 8.63. The Morgan fingerprint density at radius 3 is 2.40 bits per heavy atom. The lowest BCUT2D eigenvalue weighted by Crippen LogP contribution is -2.61. The molecule has 2 aliphatic rings. The molecule has 78 valence electrons. The lowest BCUT2D eigenvalue weighted by molar-refractivity contribution is -0.963. The van der Waals surface area contributed by atoms with E-state index in [0.717, 1.165) is 26.2 Å². The van der Waals surface area contributed by atoms with Crippen molar-refractivity contribution >= 4 is 6.34 Å². The number of nitrogens with two attached hydrogens (primary N) is 1. The van der Waals surface area contributed by atoms with Gasteiger partial charge in [-0.05, 0) is 11.1 Å². The van der Waals surface area contributed by atoms with Crippen molar-refractivity contribution in [2.24, 2.45) is 10.8 Å². The Bertz CT molecular complexity index is 390. The zero-order chi connectivity index (χ0) is 10.3. The Morgan fingerprint density at radius 2 is 1.87 bits per heavy atom. The normalized spacial score (nSPS) is 29.7. The average molecular weight is 203 g/mol. The third-order valence-corrected chi connectivity index (χ3v) is 3.22. The van der Waals surface area contributed by atoms with Crippen molar-refractivity contribution in [3.05, 3.63) is 35.4 Å². The molecule has 2 N–H and O–H groups in total. The van der Waals surface area contributed by atoms with Gasteiger partial charge >= 0.3 is 0 Å². The summed E-state index contributed by atoms with van der Waals surface area (Å²) in [7, 11) is 0. The molecule has 0 amide bonds. The molecule has 1 aromatic rings. The van der Waals surface area contributed by atoms with Gasteiger partial charge in [0.2, 0.25) is 6.34 Å². The highest BCUT2D eigenvalue weighted by atomic mass is 15.9. The van der Waals surface area contributed by atoms with Crippen molar-refractivity contribution in [1.29, 1.82) is 0 Å². The summed E-state index contributed by atoms with van der Waals surface area (Å²) < 4.78 is 0.370. The molecular formula is C11H15N4+. The first-order valence-corrected chi connectivity index (χ1v) is 5.27. The molecular weight excluding hydrogens is 188 g/mol. The molecule has 0 aliphatic carbocycles. The number of benzene rings is 1. The highest BCUT2D eigenvalue weighted by Gasteiger charge is 2.37. The highest BCUT2D eigenvalue weighted by Crippen LogP contribution is 2.25. The fourth-order valence-electron chi connectivity index (χ4n) is 2.27. The average Bonchev–Trinajstić information content (AvgIpc) is 2.84. The summed E-state index contributed by atoms with van der Waals surface area (Å²) in [6.07, 6.45) is 1.85. The van der Waals surface area contributed by atoms with Crippen LogP contribution in [0.1, 0.15) is 11.1 Å². The van der Waals surface area contributed by atoms with Gasteiger partial charge in [0.1, 0.15) is 6.54 Å². The van der Waals surface area contributed by atoms with Gasteiger partial charge in [-0.1, -0.05) is 24.3 Å². The molecule has 4 nitrogen and oxygen atoms in total. The third-order valence-electron chi connectivity index (χ3n) is 3.22. The monoisotopic (exact) mass is 203 g/mol. The zero-order valence-corrected chi connectivity index (χ0v) is 8.63. The van der Waals surface area contributed by atoms with Crippen molar-refractivity contribution in [3.8, 4) is 0 Å². The van der Waals surface area contributed by atoms with E-state index in [9.17, 15) is 0 Å². The number of aliphatic imine (C=N–C) groups is 1. The summed E-state index contributed by atoms with van der Waals surface area (Å²) in [5.74, 6) is 6.26. The highest BCUT2D eigenvalue weighted by molar-refractivity contribution is 5.47. The molecule has 1 aromatic carbocycles. The standard InChI is InChI=1S/C11H15N4/c12-15(6-5-13-9-15)14-7-10-3-1-2-4-11(10)8-14/h1-4,9H,5-8,12H2/q+1. The van der Waals surface area contributed by atoms with E-state index in [2.05, 4.69) is 34.3 Å². The Kier molecular flexibility index (Phi) is 1.88. The van der Waals surface area contributed by atoms with Crippen LogP contribution in [0.25, 0.3) is 0 Å². The van der Waals surface area contributed by atoms with Gasteiger partial charge in [-0.15, -0.1) is 9.71 Å². The summed E-state index contributed by atoms with van der Waals surface area (Å²) in [6, 6.07) is 8.52. The molecule has 0 saturated heterocycles. The Hall–Kier alpha value is -1.23. The molecule has 1 unspecified atom stereocenters. The molecule has 0 radical (unpaired) electrons. The van der Waals surface area contributed by atoms with Gasteiger partial charge in [-0.2, -0.15) is 5.84 Å². The summed E-state index contributed by atoms with van der Waals surface area (Å²) >= 11 is 0. The quantitative estimate of drug-likeness (QED) is 0.538. The van der Waals surface area contributed by atoms with Crippen LogP contribution in [0.4, 0.5) is 0 Å². The van der Waals surface area contributed by atoms with E-state index < -0.39 is 0 Å². The predicted octanol–water partition coefficient (Wildman–Crippen LogP) is 0.650. The van der Waals surface area contributed by atoms with E-state index in [1.807, 2.05) is 6.34 Å². The molecule has 4 heteroatoms. The summed E-state index contributed by atoms with van der Waals surface area (Å²) in [5.41, 5.74) is 2.78. The summed E-state index contributed by atoms with van der Waals surface area (Å²) in [6.45, 7) is 3.58. The number of hydrogen-bond donors (Lipinski definition) is 1. The summed E-state index contributed by atoms with van der Waals surface area (Å²) in [5, 5.41) is 2.25. The maximum absolute atomic E-state index is 6.26. The number of hydrogen-bond acceptors (Lipinski definition) is 3. The van der Waals surface area contributed by atoms with E-state index in [0.29, 0.717) is 4.70 Å². The largest absolute Gasteiger partial charge is 0.232 e. The molecule has 1 atom stereocenters. The first-order chi connectivity index (χ1) is 7.28. The molecule has 0 aromatic heterocycles. The molecule has 3 rings (SSSR count). The van der Waals surface area contributed by atoms with Gasteiger partial charge < -0.3 is 0 Å². The Labute approximate surface area is 89.1 Å². The lowest BCUT2D eigenvalue weighted by atomic mass is 10.1. The molecule has 0 fully saturated rings. The van der Waals surface area contributed by atoms with Crippen molar-refractivity contribution in [1.82, 2.24) is 5.01 Å². The minimum absolute atomic E-state index is 0.370. The van der Waals surface area contributed by atoms with Crippen LogP contribution in [0, 0.1) is 0 Å². The smallest absolute Gasteiger partial charge is 0.225 e. The first-order valence-electron chi connectivity index (χ1n) is 5.27. The minimum atomic E-state index is 0.370. The van der Waals surface area contributed by atoms with Crippen LogP contribution in [0.5, 0.6) is 0 Å². The van der Waals surface area contributed by atoms with Gasteiger partial charge in [0, 0.05) is 0 Å². The van der Waals surface area contributed by atoms with E-state index in [-0.39, 0.29) is 0 Å². The Balaban J connectivity index is 1.87. The van der Waals surface area contributed by atoms with Crippen molar-refractivity contribution in [3.63, 3.8) is 0 Å². The maximum Gasteiger partial charge on any atom is 0.225 e. The second-order valence-corrected chi connectivity index (χ2v) is 4.22. The maximum atomic E-state index is 6.26. The molecule has 2 heterocycles. The molecule has 0 bridgehead atoms. The van der Waals surface area contributed by atoms with Gasteiger partial charge in [0.25, 0.3) is 0 Å². The second-order valence-electron chi connectivity index (χ2n) is 4.22. The molecule has 15 heavy (non-hydrogen) atoms. The van der Waals surface area contributed by atoms with Crippen LogP contribution in [0.2, 0.25) is 0 Å². The van der Waals surface area contributed by atoms with Crippen molar-refractivity contribution < 1.29 is 4.70 Å². The fourth-order valence-corrected chi connectivity index (χ4v) is 2.27. The van der Waals surface area contributed by atoms with Crippen molar-refractivity contribution in [2.75, 3.05) is 13.1 Å². The van der Waals surface area contributed by atoms with Crippen LogP contribution in [-0.2, 0) is 13.1 Å². The SMILES string of the molecule is N[N+]1(N2Cc3ccccc3C2)C=NCC1. The fraction of sp³-hybridized carbons (Fsp3) is 0.364. The lowest BCUT2D eigenvalue weighted by Gasteiger charge is -2.31.